The summed E-state index contributed by atoms with van der Waals surface area (Å²) in [6.45, 7) is 9.80. The first-order valence-corrected chi connectivity index (χ1v) is 8.37. The van der Waals surface area contributed by atoms with Gasteiger partial charge in [-0.05, 0) is 63.4 Å². The first-order valence-electron chi connectivity index (χ1n) is 8.37. The zero-order valence-corrected chi connectivity index (χ0v) is 14.8. The highest BCUT2D eigenvalue weighted by atomic mass is 16.5. The third-order valence-corrected chi connectivity index (χ3v) is 4.51. The molecular formula is C18H30N4O. The quantitative estimate of drug-likeness (QED) is 0.647. The van der Waals surface area contributed by atoms with Crippen LogP contribution in [0.1, 0.15) is 33.6 Å². The van der Waals surface area contributed by atoms with Crippen molar-refractivity contribution >= 4 is 11.6 Å². The molecular weight excluding hydrogens is 288 g/mol. The topological polar surface area (TPSA) is 62.9 Å². The van der Waals surface area contributed by atoms with E-state index in [0.717, 1.165) is 30.4 Å². The lowest BCUT2D eigenvalue weighted by Gasteiger charge is -2.42. The van der Waals surface area contributed by atoms with Crippen molar-refractivity contribution in [3.63, 3.8) is 0 Å². The predicted octanol–water partition coefficient (Wildman–Crippen LogP) is 2.93. The van der Waals surface area contributed by atoms with E-state index in [1.165, 1.54) is 12.8 Å². The summed E-state index contributed by atoms with van der Waals surface area (Å²) in [7, 11) is 1.65. The van der Waals surface area contributed by atoms with E-state index in [0.29, 0.717) is 12.5 Å². The van der Waals surface area contributed by atoms with Crippen molar-refractivity contribution in [1.82, 2.24) is 4.90 Å². The maximum Gasteiger partial charge on any atom is 0.193 e. The lowest BCUT2D eigenvalue weighted by atomic mass is 9.94. The highest BCUT2D eigenvalue weighted by Gasteiger charge is 2.29. The Hall–Kier alpha value is -1.75. The molecule has 0 bridgehead atoms. The van der Waals surface area contributed by atoms with E-state index < -0.39 is 0 Å². The molecule has 1 atom stereocenters. The fourth-order valence-corrected chi connectivity index (χ4v) is 2.98. The lowest BCUT2D eigenvalue weighted by molar-refractivity contribution is 0.0775. The maximum absolute atomic E-state index is 6.03. The van der Waals surface area contributed by atoms with Gasteiger partial charge in [0, 0.05) is 17.8 Å². The number of methoxy groups -OCH3 is 1. The second kappa shape index (κ2) is 7.68. The summed E-state index contributed by atoms with van der Waals surface area (Å²) < 4.78 is 5.15. The summed E-state index contributed by atoms with van der Waals surface area (Å²) in [6.07, 6.45) is 2.60. The number of nitrogens with one attached hydrogen (secondary N) is 1. The van der Waals surface area contributed by atoms with E-state index in [9.17, 15) is 0 Å². The van der Waals surface area contributed by atoms with Crippen molar-refractivity contribution in [3.05, 3.63) is 24.3 Å². The Labute approximate surface area is 139 Å². The summed E-state index contributed by atoms with van der Waals surface area (Å²) in [4.78, 5) is 7.08. The Bertz CT molecular complexity index is 524. The molecule has 1 unspecified atom stereocenters. The number of nitrogens with zero attached hydrogens (tertiary/aromatic N) is 2. The standard InChI is InChI=1S/C18H30N4O/c1-14-6-5-11-22(12-14)18(2,3)13-20-17(19)21-15-7-9-16(23-4)10-8-15/h7-10,14H,5-6,11-13H2,1-4H3,(H3,19,20,21). The van der Waals surface area contributed by atoms with Crippen LogP contribution < -0.4 is 15.8 Å². The SMILES string of the molecule is COc1ccc(NC(N)=NCC(C)(C)N2CCCC(C)C2)cc1. The third kappa shape index (κ3) is 5.13. The van der Waals surface area contributed by atoms with Crippen molar-refractivity contribution in [2.24, 2.45) is 16.6 Å². The number of guanidine groups is 1. The van der Waals surface area contributed by atoms with Gasteiger partial charge in [-0.25, -0.2) is 0 Å². The van der Waals surface area contributed by atoms with E-state index in [2.05, 4.69) is 36.0 Å². The van der Waals surface area contributed by atoms with Crippen molar-refractivity contribution < 1.29 is 4.74 Å². The van der Waals surface area contributed by atoms with Gasteiger partial charge in [-0.15, -0.1) is 0 Å². The zero-order valence-electron chi connectivity index (χ0n) is 14.8. The van der Waals surface area contributed by atoms with E-state index in [4.69, 9.17) is 10.5 Å². The van der Waals surface area contributed by atoms with Crippen LogP contribution in [-0.4, -0.2) is 43.1 Å². The summed E-state index contributed by atoms with van der Waals surface area (Å²) >= 11 is 0. The smallest absolute Gasteiger partial charge is 0.193 e. The predicted molar refractivity (Wildman–Crippen MR) is 97.2 cm³/mol. The van der Waals surface area contributed by atoms with Gasteiger partial charge in [0.1, 0.15) is 5.75 Å². The molecule has 5 nitrogen and oxygen atoms in total. The van der Waals surface area contributed by atoms with Crippen LogP contribution in [-0.2, 0) is 0 Å². The van der Waals surface area contributed by atoms with Gasteiger partial charge in [-0.3, -0.25) is 9.89 Å². The van der Waals surface area contributed by atoms with Crippen molar-refractivity contribution in [3.8, 4) is 5.75 Å². The molecule has 3 N–H and O–H groups in total. The molecule has 1 fully saturated rings. The molecule has 0 radical (unpaired) electrons. The fraction of sp³-hybridized carbons (Fsp3) is 0.611. The van der Waals surface area contributed by atoms with Gasteiger partial charge in [-0.2, -0.15) is 0 Å². The molecule has 128 valence electrons. The third-order valence-electron chi connectivity index (χ3n) is 4.51. The molecule has 0 amide bonds. The first kappa shape index (κ1) is 17.6. The van der Waals surface area contributed by atoms with Gasteiger partial charge in [0.2, 0.25) is 0 Å². The first-order chi connectivity index (χ1) is 10.9. The Morgan fingerprint density at radius 2 is 2.09 bits per heavy atom. The minimum absolute atomic E-state index is 0.0287. The minimum Gasteiger partial charge on any atom is -0.497 e. The highest BCUT2D eigenvalue weighted by Crippen LogP contribution is 2.24. The lowest BCUT2D eigenvalue weighted by Crippen LogP contribution is -2.51. The molecule has 1 aliphatic rings. The molecule has 2 rings (SSSR count). The average Bonchev–Trinajstić information content (AvgIpc) is 2.54. The normalized spacial score (nSPS) is 20.3. The molecule has 0 spiro atoms. The van der Waals surface area contributed by atoms with Crippen LogP contribution in [0.25, 0.3) is 0 Å². The number of nitrogens with two attached hydrogens (primary N) is 1. The van der Waals surface area contributed by atoms with Gasteiger partial charge in [0.05, 0.1) is 13.7 Å². The second-order valence-corrected chi connectivity index (χ2v) is 7.06. The van der Waals surface area contributed by atoms with Crippen LogP contribution in [0.15, 0.2) is 29.3 Å². The molecule has 1 heterocycles. The molecule has 1 saturated heterocycles. The molecule has 0 aliphatic carbocycles. The number of aliphatic imine (C=N–C) groups is 1. The second-order valence-electron chi connectivity index (χ2n) is 7.06. The van der Waals surface area contributed by atoms with Crippen LogP contribution >= 0.6 is 0 Å². The monoisotopic (exact) mass is 318 g/mol. The highest BCUT2D eigenvalue weighted by molar-refractivity contribution is 5.92. The van der Waals surface area contributed by atoms with Gasteiger partial charge < -0.3 is 15.8 Å². The summed E-state index contributed by atoms with van der Waals surface area (Å²) in [6, 6.07) is 7.65. The van der Waals surface area contributed by atoms with Crippen LogP contribution in [0.5, 0.6) is 5.75 Å². The number of hydrogen-bond donors (Lipinski definition) is 2. The number of ether oxygens (including phenoxy) is 1. The summed E-state index contributed by atoms with van der Waals surface area (Å²) in [5.74, 6) is 2.04. The molecule has 0 saturated carbocycles. The van der Waals surface area contributed by atoms with E-state index in [1.54, 1.807) is 7.11 Å². The molecule has 1 aliphatic heterocycles. The zero-order chi connectivity index (χ0) is 16.9. The Morgan fingerprint density at radius 3 is 2.70 bits per heavy atom. The summed E-state index contributed by atoms with van der Waals surface area (Å²) in [5.41, 5.74) is 6.97. The van der Waals surface area contributed by atoms with Gasteiger partial charge in [0.25, 0.3) is 0 Å². The average molecular weight is 318 g/mol. The van der Waals surface area contributed by atoms with E-state index in [-0.39, 0.29) is 5.54 Å². The van der Waals surface area contributed by atoms with E-state index >= 15 is 0 Å². The van der Waals surface area contributed by atoms with Gasteiger partial charge in [-0.1, -0.05) is 6.92 Å². The molecule has 1 aromatic rings. The van der Waals surface area contributed by atoms with Gasteiger partial charge in [0.15, 0.2) is 5.96 Å². The van der Waals surface area contributed by atoms with Crippen molar-refractivity contribution in [2.45, 2.75) is 39.2 Å². The Balaban J connectivity index is 1.91. The van der Waals surface area contributed by atoms with Crippen molar-refractivity contribution in [1.29, 1.82) is 0 Å². The number of anilines is 1. The number of hydrogen-bond acceptors (Lipinski definition) is 3. The van der Waals surface area contributed by atoms with Crippen LogP contribution in [0.4, 0.5) is 5.69 Å². The number of piperidine rings is 1. The summed E-state index contributed by atoms with van der Waals surface area (Å²) in [5, 5.41) is 3.13. The van der Waals surface area contributed by atoms with E-state index in [1.807, 2.05) is 24.3 Å². The molecule has 0 aromatic heterocycles. The molecule has 23 heavy (non-hydrogen) atoms. The van der Waals surface area contributed by atoms with Crippen LogP contribution in [0, 0.1) is 5.92 Å². The maximum atomic E-state index is 6.03. The fourth-order valence-electron chi connectivity index (χ4n) is 2.98. The van der Waals surface area contributed by atoms with Crippen LogP contribution in [0.2, 0.25) is 0 Å². The number of benzene rings is 1. The minimum atomic E-state index is 0.0287. The van der Waals surface area contributed by atoms with Crippen molar-refractivity contribution in [2.75, 3.05) is 32.1 Å². The Kier molecular flexibility index (Phi) is 5.88. The Morgan fingerprint density at radius 1 is 1.39 bits per heavy atom. The largest absolute Gasteiger partial charge is 0.497 e. The van der Waals surface area contributed by atoms with Gasteiger partial charge >= 0.3 is 0 Å². The molecule has 5 heteroatoms. The number of rotatable bonds is 5. The molecule has 1 aromatic carbocycles. The van der Waals surface area contributed by atoms with Crippen LogP contribution in [0.3, 0.4) is 0 Å². The number of likely N-dealkylation sites (tertiary alicyclic amines) is 1.